The standard InChI is InChI=1S/C17H16FN3O/c1-12-16(19-14-8-6-7-13(18)11-14)17(22)21(20(12)2)15-9-4-3-5-10-15/h3-11,19H,1-2H3. The number of benzene rings is 2. The van der Waals surface area contributed by atoms with Gasteiger partial charge in [-0.2, -0.15) is 0 Å². The molecule has 0 amide bonds. The molecule has 0 saturated carbocycles. The zero-order valence-electron chi connectivity index (χ0n) is 12.4. The number of para-hydroxylation sites is 1. The van der Waals surface area contributed by atoms with Crippen molar-refractivity contribution >= 4 is 11.4 Å². The summed E-state index contributed by atoms with van der Waals surface area (Å²) in [6, 6.07) is 15.4. The zero-order chi connectivity index (χ0) is 15.7. The van der Waals surface area contributed by atoms with E-state index in [1.165, 1.54) is 12.1 Å². The summed E-state index contributed by atoms with van der Waals surface area (Å²) < 4.78 is 16.6. The van der Waals surface area contributed by atoms with Gasteiger partial charge in [-0.3, -0.25) is 9.48 Å². The van der Waals surface area contributed by atoms with Gasteiger partial charge in [-0.25, -0.2) is 9.07 Å². The molecule has 0 atom stereocenters. The highest BCUT2D eigenvalue weighted by molar-refractivity contribution is 5.61. The van der Waals surface area contributed by atoms with E-state index in [0.717, 1.165) is 11.4 Å². The van der Waals surface area contributed by atoms with Crippen LogP contribution in [0, 0.1) is 12.7 Å². The minimum absolute atomic E-state index is 0.171. The molecule has 0 spiro atoms. The second-order valence-electron chi connectivity index (χ2n) is 5.07. The van der Waals surface area contributed by atoms with Crippen molar-refractivity contribution in [3.63, 3.8) is 0 Å². The van der Waals surface area contributed by atoms with Crippen molar-refractivity contribution in [2.24, 2.45) is 7.05 Å². The molecule has 0 unspecified atom stereocenters. The van der Waals surface area contributed by atoms with Crippen LogP contribution in [-0.4, -0.2) is 9.36 Å². The lowest BCUT2D eigenvalue weighted by molar-refractivity contribution is 0.628. The maximum absolute atomic E-state index is 13.3. The summed E-state index contributed by atoms with van der Waals surface area (Å²) in [6.07, 6.45) is 0. The molecule has 112 valence electrons. The summed E-state index contributed by atoms with van der Waals surface area (Å²) in [6.45, 7) is 1.85. The van der Waals surface area contributed by atoms with Gasteiger partial charge in [0.1, 0.15) is 11.5 Å². The number of aromatic nitrogens is 2. The van der Waals surface area contributed by atoms with Gasteiger partial charge in [-0.15, -0.1) is 0 Å². The third-order valence-corrected chi connectivity index (χ3v) is 3.65. The van der Waals surface area contributed by atoms with E-state index < -0.39 is 0 Å². The van der Waals surface area contributed by atoms with Crippen LogP contribution < -0.4 is 10.9 Å². The van der Waals surface area contributed by atoms with Gasteiger partial charge in [-0.05, 0) is 37.3 Å². The molecule has 1 N–H and O–H groups in total. The van der Waals surface area contributed by atoms with Crippen LogP contribution in [0.2, 0.25) is 0 Å². The summed E-state index contributed by atoms with van der Waals surface area (Å²) in [7, 11) is 1.82. The average Bonchev–Trinajstić information content (AvgIpc) is 2.72. The SMILES string of the molecule is Cc1c(Nc2cccc(F)c2)c(=O)n(-c2ccccc2)n1C. The minimum Gasteiger partial charge on any atom is -0.349 e. The normalized spacial score (nSPS) is 10.7. The van der Waals surface area contributed by atoms with E-state index in [1.54, 1.807) is 21.5 Å². The highest BCUT2D eigenvalue weighted by Crippen LogP contribution is 2.19. The third kappa shape index (κ3) is 2.41. The molecular formula is C17H16FN3O. The van der Waals surface area contributed by atoms with E-state index in [-0.39, 0.29) is 11.4 Å². The van der Waals surface area contributed by atoms with Crippen LogP contribution in [0.4, 0.5) is 15.8 Å². The molecule has 3 rings (SSSR count). The maximum Gasteiger partial charge on any atom is 0.295 e. The Hall–Kier alpha value is -2.82. The van der Waals surface area contributed by atoms with Crippen molar-refractivity contribution in [3.05, 3.63) is 76.5 Å². The highest BCUT2D eigenvalue weighted by atomic mass is 19.1. The fourth-order valence-corrected chi connectivity index (χ4v) is 2.42. The number of nitrogens with one attached hydrogen (secondary N) is 1. The van der Waals surface area contributed by atoms with Gasteiger partial charge in [-0.1, -0.05) is 24.3 Å². The molecule has 2 aromatic carbocycles. The quantitative estimate of drug-likeness (QED) is 0.805. The van der Waals surface area contributed by atoms with Crippen LogP contribution >= 0.6 is 0 Å². The lowest BCUT2D eigenvalue weighted by atomic mass is 10.3. The summed E-state index contributed by atoms with van der Waals surface area (Å²) >= 11 is 0. The summed E-state index contributed by atoms with van der Waals surface area (Å²) in [5, 5.41) is 3.02. The Morgan fingerprint density at radius 3 is 2.45 bits per heavy atom. The highest BCUT2D eigenvalue weighted by Gasteiger charge is 2.16. The third-order valence-electron chi connectivity index (χ3n) is 3.65. The van der Waals surface area contributed by atoms with Crippen molar-refractivity contribution in [3.8, 4) is 5.69 Å². The second kappa shape index (κ2) is 5.52. The fourth-order valence-electron chi connectivity index (χ4n) is 2.42. The Kier molecular flexibility index (Phi) is 3.55. The molecule has 22 heavy (non-hydrogen) atoms. The maximum atomic E-state index is 13.3. The van der Waals surface area contributed by atoms with Crippen LogP contribution in [0.5, 0.6) is 0 Å². The first-order chi connectivity index (χ1) is 10.6. The molecule has 0 saturated heterocycles. The van der Waals surface area contributed by atoms with E-state index in [9.17, 15) is 9.18 Å². The van der Waals surface area contributed by atoms with Crippen LogP contribution in [-0.2, 0) is 7.05 Å². The van der Waals surface area contributed by atoms with Gasteiger partial charge in [0.2, 0.25) is 0 Å². The fraction of sp³-hybridized carbons (Fsp3) is 0.118. The molecule has 0 bridgehead atoms. The van der Waals surface area contributed by atoms with Gasteiger partial charge in [0, 0.05) is 12.7 Å². The van der Waals surface area contributed by atoms with Crippen molar-refractivity contribution in [2.45, 2.75) is 6.92 Å². The first-order valence-electron chi connectivity index (χ1n) is 6.94. The average molecular weight is 297 g/mol. The molecule has 5 heteroatoms. The van der Waals surface area contributed by atoms with E-state index in [2.05, 4.69) is 5.32 Å². The minimum atomic E-state index is -0.345. The number of halogens is 1. The Bertz CT molecular complexity index is 865. The topological polar surface area (TPSA) is 39.0 Å². The Balaban J connectivity index is 2.09. The summed E-state index contributed by atoms with van der Waals surface area (Å²) in [5.41, 5.74) is 2.38. The largest absolute Gasteiger partial charge is 0.349 e. The Morgan fingerprint density at radius 2 is 1.77 bits per heavy atom. The number of nitrogens with zero attached hydrogens (tertiary/aromatic N) is 2. The molecular weight excluding hydrogens is 281 g/mol. The van der Waals surface area contributed by atoms with Crippen molar-refractivity contribution in [1.82, 2.24) is 9.36 Å². The monoisotopic (exact) mass is 297 g/mol. The molecule has 1 heterocycles. The molecule has 0 aliphatic rings. The van der Waals surface area contributed by atoms with E-state index in [0.29, 0.717) is 11.4 Å². The van der Waals surface area contributed by atoms with Crippen LogP contribution in [0.3, 0.4) is 0 Å². The van der Waals surface area contributed by atoms with Crippen molar-refractivity contribution in [1.29, 1.82) is 0 Å². The number of rotatable bonds is 3. The lowest BCUT2D eigenvalue weighted by Crippen LogP contribution is -2.20. The van der Waals surface area contributed by atoms with Crippen molar-refractivity contribution in [2.75, 3.05) is 5.32 Å². The zero-order valence-corrected chi connectivity index (χ0v) is 12.4. The van der Waals surface area contributed by atoms with Crippen molar-refractivity contribution < 1.29 is 4.39 Å². The molecule has 0 fully saturated rings. The van der Waals surface area contributed by atoms with Crippen LogP contribution in [0.15, 0.2) is 59.4 Å². The van der Waals surface area contributed by atoms with E-state index in [1.807, 2.05) is 44.3 Å². The predicted molar refractivity (Wildman–Crippen MR) is 85.4 cm³/mol. The van der Waals surface area contributed by atoms with E-state index in [4.69, 9.17) is 0 Å². The Labute approximate surface area is 127 Å². The van der Waals surface area contributed by atoms with Gasteiger partial charge < -0.3 is 5.32 Å². The van der Waals surface area contributed by atoms with Crippen LogP contribution in [0.1, 0.15) is 5.69 Å². The summed E-state index contributed by atoms with van der Waals surface area (Å²) in [4.78, 5) is 12.7. The molecule has 4 nitrogen and oxygen atoms in total. The van der Waals surface area contributed by atoms with Crippen LogP contribution in [0.25, 0.3) is 5.69 Å². The smallest absolute Gasteiger partial charge is 0.295 e. The molecule has 0 radical (unpaired) electrons. The molecule has 0 aliphatic carbocycles. The predicted octanol–water partition coefficient (Wildman–Crippen LogP) is 3.37. The number of hydrogen-bond donors (Lipinski definition) is 1. The van der Waals surface area contributed by atoms with Gasteiger partial charge in [0.15, 0.2) is 0 Å². The molecule has 0 aliphatic heterocycles. The number of anilines is 2. The van der Waals surface area contributed by atoms with Gasteiger partial charge >= 0.3 is 0 Å². The lowest BCUT2D eigenvalue weighted by Gasteiger charge is -2.07. The molecule has 1 aromatic heterocycles. The molecule has 3 aromatic rings. The first-order valence-corrected chi connectivity index (χ1v) is 6.94. The second-order valence-corrected chi connectivity index (χ2v) is 5.07. The number of hydrogen-bond acceptors (Lipinski definition) is 2. The van der Waals surface area contributed by atoms with Gasteiger partial charge in [0.25, 0.3) is 5.56 Å². The summed E-state index contributed by atoms with van der Waals surface area (Å²) in [5.74, 6) is -0.345. The first kappa shape index (κ1) is 14.1. The Morgan fingerprint density at radius 1 is 1.05 bits per heavy atom. The van der Waals surface area contributed by atoms with Gasteiger partial charge in [0.05, 0.1) is 11.4 Å². The van der Waals surface area contributed by atoms with E-state index >= 15 is 0 Å².